The Labute approximate surface area is 173 Å². The molecule has 0 bridgehead atoms. The Morgan fingerprint density at radius 2 is 1.79 bits per heavy atom. The fraction of sp³-hybridized carbons (Fsp3) is 0.250. The third-order valence-corrected chi connectivity index (χ3v) is 5.49. The van der Waals surface area contributed by atoms with E-state index in [9.17, 15) is 14.4 Å². The molecule has 1 fully saturated rings. The second-order valence-corrected chi connectivity index (χ2v) is 7.63. The molecule has 0 aromatic heterocycles. The molecule has 1 saturated heterocycles. The maximum absolute atomic E-state index is 12.9. The van der Waals surface area contributed by atoms with Gasteiger partial charge in [-0.1, -0.05) is 59.6 Å². The summed E-state index contributed by atoms with van der Waals surface area (Å²) in [5.74, 6) is -0.858. The Kier molecular flexibility index (Phi) is 5.63. The van der Waals surface area contributed by atoms with Crippen LogP contribution in [0.5, 0.6) is 0 Å². The van der Waals surface area contributed by atoms with Crippen LogP contribution in [0.3, 0.4) is 0 Å². The molecule has 1 unspecified atom stereocenters. The summed E-state index contributed by atoms with van der Waals surface area (Å²) in [7, 11) is 1.63. The lowest BCUT2D eigenvalue weighted by Crippen LogP contribution is -2.43. The van der Waals surface area contributed by atoms with Crippen LogP contribution in [0, 0.1) is 0 Å². The minimum absolute atomic E-state index is 0.277. The highest BCUT2D eigenvalue weighted by Crippen LogP contribution is 2.33. The van der Waals surface area contributed by atoms with E-state index >= 15 is 0 Å². The molecular weight excluding hydrogens is 401 g/mol. The van der Waals surface area contributed by atoms with Crippen molar-refractivity contribution in [3.63, 3.8) is 0 Å². The zero-order valence-corrected chi connectivity index (χ0v) is 16.9. The monoisotopic (exact) mass is 419 g/mol. The third-order valence-electron chi connectivity index (χ3n) is 4.75. The third kappa shape index (κ3) is 3.84. The van der Waals surface area contributed by atoms with E-state index in [0.29, 0.717) is 17.1 Å². The second kappa shape index (κ2) is 7.81. The van der Waals surface area contributed by atoms with E-state index in [1.54, 1.807) is 26.1 Å². The summed E-state index contributed by atoms with van der Waals surface area (Å²) >= 11 is 12.0. The highest BCUT2D eigenvalue weighted by molar-refractivity contribution is 6.42. The van der Waals surface area contributed by atoms with Gasteiger partial charge in [-0.15, -0.1) is 0 Å². The molecule has 1 N–H and O–H groups in total. The predicted molar refractivity (Wildman–Crippen MR) is 107 cm³/mol. The van der Waals surface area contributed by atoms with Crippen molar-refractivity contribution in [2.45, 2.75) is 19.0 Å². The molecule has 4 amide bonds. The summed E-state index contributed by atoms with van der Waals surface area (Å²) in [6.07, 6.45) is 0. The van der Waals surface area contributed by atoms with Crippen molar-refractivity contribution in [3.05, 3.63) is 69.7 Å². The maximum atomic E-state index is 12.9. The molecule has 1 heterocycles. The Morgan fingerprint density at radius 3 is 2.43 bits per heavy atom. The number of benzene rings is 2. The zero-order chi connectivity index (χ0) is 20.5. The van der Waals surface area contributed by atoms with E-state index in [0.717, 1.165) is 10.5 Å². The topological polar surface area (TPSA) is 69.7 Å². The lowest BCUT2D eigenvalue weighted by atomic mass is 9.92. The van der Waals surface area contributed by atoms with E-state index in [1.165, 1.54) is 11.0 Å². The maximum Gasteiger partial charge on any atom is 0.325 e. The van der Waals surface area contributed by atoms with E-state index in [-0.39, 0.29) is 17.5 Å². The SMILES string of the molecule is CN(Cc1ccccc1)C(=O)CN1C(=O)NC(C)(c2ccc(Cl)c(Cl)c2)C1=O. The van der Waals surface area contributed by atoms with Crippen LogP contribution in [0.1, 0.15) is 18.1 Å². The first-order valence-electron chi connectivity index (χ1n) is 8.60. The Balaban J connectivity index is 1.74. The second-order valence-electron chi connectivity index (χ2n) is 6.81. The van der Waals surface area contributed by atoms with Crippen LogP contribution < -0.4 is 5.32 Å². The molecule has 2 aromatic rings. The van der Waals surface area contributed by atoms with Crippen LogP contribution in [0.4, 0.5) is 4.79 Å². The zero-order valence-electron chi connectivity index (χ0n) is 15.4. The normalized spacial score (nSPS) is 18.9. The molecule has 0 aliphatic carbocycles. The molecule has 0 spiro atoms. The molecule has 28 heavy (non-hydrogen) atoms. The molecule has 6 nitrogen and oxygen atoms in total. The highest BCUT2D eigenvalue weighted by atomic mass is 35.5. The van der Waals surface area contributed by atoms with E-state index in [2.05, 4.69) is 5.32 Å². The number of amides is 4. The lowest BCUT2D eigenvalue weighted by Gasteiger charge is -2.23. The average molecular weight is 420 g/mol. The van der Waals surface area contributed by atoms with Gasteiger partial charge < -0.3 is 10.2 Å². The molecule has 2 aromatic carbocycles. The first-order valence-corrected chi connectivity index (χ1v) is 9.35. The smallest absolute Gasteiger partial charge is 0.325 e. The van der Waals surface area contributed by atoms with Gasteiger partial charge in [-0.3, -0.25) is 14.5 Å². The quantitative estimate of drug-likeness (QED) is 0.754. The standard InChI is InChI=1S/C20H19Cl2N3O3/c1-20(14-8-9-15(21)16(22)10-14)18(27)25(19(28)23-20)12-17(26)24(2)11-13-6-4-3-5-7-13/h3-10H,11-12H2,1-2H3,(H,23,28). The van der Waals surface area contributed by atoms with Crippen molar-refractivity contribution < 1.29 is 14.4 Å². The average Bonchev–Trinajstić information content (AvgIpc) is 2.88. The van der Waals surface area contributed by atoms with Crippen LogP contribution in [-0.2, 0) is 21.7 Å². The molecule has 1 aliphatic rings. The summed E-state index contributed by atoms with van der Waals surface area (Å²) < 4.78 is 0. The van der Waals surface area contributed by atoms with Crippen molar-refractivity contribution in [2.24, 2.45) is 0 Å². The molecule has 0 radical (unpaired) electrons. The number of likely N-dealkylation sites (N-methyl/N-ethyl adjacent to an activating group) is 1. The van der Waals surface area contributed by atoms with Gasteiger partial charge in [0.15, 0.2) is 0 Å². The van der Waals surface area contributed by atoms with Crippen molar-refractivity contribution in [3.8, 4) is 0 Å². The van der Waals surface area contributed by atoms with Crippen molar-refractivity contribution in [1.82, 2.24) is 15.1 Å². The van der Waals surface area contributed by atoms with Crippen LogP contribution >= 0.6 is 23.2 Å². The number of nitrogens with zero attached hydrogens (tertiary/aromatic N) is 2. The molecule has 8 heteroatoms. The van der Waals surface area contributed by atoms with E-state index in [1.807, 2.05) is 30.3 Å². The summed E-state index contributed by atoms with van der Waals surface area (Å²) in [4.78, 5) is 40.3. The van der Waals surface area contributed by atoms with Gasteiger partial charge in [0.05, 0.1) is 10.0 Å². The molecule has 0 saturated carbocycles. The van der Waals surface area contributed by atoms with Gasteiger partial charge in [0.25, 0.3) is 5.91 Å². The largest absolute Gasteiger partial charge is 0.340 e. The van der Waals surface area contributed by atoms with Crippen LogP contribution in [0.2, 0.25) is 10.0 Å². The van der Waals surface area contributed by atoms with Gasteiger partial charge in [0, 0.05) is 13.6 Å². The van der Waals surface area contributed by atoms with Crippen molar-refractivity contribution >= 4 is 41.0 Å². The van der Waals surface area contributed by atoms with Crippen molar-refractivity contribution in [1.29, 1.82) is 0 Å². The number of halogens is 2. The summed E-state index contributed by atoms with van der Waals surface area (Å²) in [6.45, 7) is 1.61. The summed E-state index contributed by atoms with van der Waals surface area (Å²) in [5.41, 5.74) is 0.132. The number of hydrogen-bond acceptors (Lipinski definition) is 3. The molecule has 146 valence electrons. The number of carbonyl (C=O) groups is 3. The van der Waals surface area contributed by atoms with E-state index < -0.39 is 17.5 Å². The van der Waals surface area contributed by atoms with Crippen LogP contribution in [0.25, 0.3) is 0 Å². The lowest BCUT2D eigenvalue weighted by molar-refractivity contribution is -0.138. The summed E-state index contributed by atoms with van der Waals surface area (Å²) in [6, 6.07) is 13.6. The predicted octanol–water partition coefficient (Wildman–Crippen LogP) is 3.42. The Bertz CT molecular complexity index is 936. The molecular formula is C20H19Cl2N3O3. The number of hydrogen-bond donors (Lipinski definition) is 1. The fourth-order valence-electron chi connectivity index (χ4n) is 3.04. The number of urea groups is 1. The highest BCUT2D eigenvalue weighted by Gasteiger charge is 2.49. The minimum atomic E-state index is -1.32. The number of nitrogens with one attached hydrogen (secondary N) is 1. The molecule has 1 atom stereocenters. The number of rotatable bonds is 5. The van der Waals surface area contributed by atoms with Crippen molar-refractivity contribution in [2.75, 3.05) is 13.6 Å². The first kappa shape index (κ1) is 20.2. The van der Waals surface area contributed by atoms with Gasteiger partial charge in [-0.05, 0) is 30.2 Å². The Hall–Kier alpha value is -2.57. The minimum Gasteiger partial charge on any atom is -0.340 e. The summed E-state index contributed by atoms with van der Waals surface area (Å²) in [5, 5.41) is 3.28. The van der Waals surface area contributed by atoms with Crippen LogP contribution in [-0.4, -0.2) is 41.2 Å². The van der Waals surface area contributed by atoms with Gasteiger partial charge in [-0.2, -0.15) is 0 Å². The molecule has 3 rings (SSSR count). The molecule has 1 aliphatic heterocycles. The van der Waals surface area contributed by atoms with E-state index in [4.69, 9.17) is 23.2 Å². The van der Waals surface area contributed by atoms with Crippen LogP contribution in [0.15, 0.2) is 48.5 Å². The van der Waals surface area contributed by atoms with Gasteiger partial charge in [-0.25, -0.2) is 4.79 Å². The van der Waals surface area contributed by atoms with Gasteiger partial charge >= 0.3 is 6.03 Å². The Morgan fingerprint density at radius 1 is 1.11 bits per heavy atom. The van der Waals surface area contributed by atoms with Gasteiger partial charge in [0.2, 0.25) is 5.91 Å². The number of imide groups is 1. The fourth-order valence-corrected chi connectivity index (χ4v) is 3.34. The number of carbonyl (C=O) groups excluding carboxylic acids is 3. The first-order chi connectivity index (χ1) is 13.2. The van der Waals surface area contributed by atoms with Gasteiger partial charge in [0.1, 0.15) is 12.1 Å².